The van der Waals surface area contributed by atoms with E-state index in [1.807, 2.05) is 6.07 Å². The number of rotatable bonds is 3. The third-order valence-electron chi connectivity index (χ3n) is 1.89. The van der Waals surface area contributed by atoms with Crippen molar-refractivity contribution in [2.75, 3.05) is 0 Å². The van der Waals surface area contributed by atoms with E-state index in [1.165, 1.54) is 6.07 Å². The Morgan fingerprint density at radius 1 is 1.53 bits per heavy atom. The van der Waals surface area contributed by atoms with Crippen LogP contribution in [-0.2, 0) is 17.8 Å². The summed E-state index contributed by atoms with van der Waals surface area (Å²) in [5.41, 5.74) is 1.30. The summed E-state index contributed by atoms with van der Waals surface area (Å²) in [5.74, 6) is -0.956. The van der Waals surface area contributed by atoms with Crippen molar-refractivity contribution in [2.24, 2.45) is 0 Å². The Kier molecular flexibility index (Phi) is 3.83. The normalized spacial score (nSPS) is 9.67. The Morgan fingerprint density at radius 2 is 2.20 bits per heavy atom. The number of aliphatic hydroxyl groups is 1. The fourth-order valence-electron chi connectivity index (χ4n) is 1.23. The van der Waals surface area contributed by atoms with E-state index in [-0.39, 0.29) is 13.0 Å². The fourth-order valence-corrected chi connectivity index (χ4v) is 1.86. The van der Waals surface area contributed by atoms with E-state index in [2.05, 4.69) is 15.9 Å². The number of benzene rings is 1. The summed E-state index contributed by atoms with van der Waals surface area (Å²) < 4.78 is 0.556. The first kappa shape index (κ1) is 11.7. The molecule has 4 nitrogen and oxygen atoms in total. The number of carboxylic acid groups (broad SMARTS) is 1. The summed E-state index contributed by atoms with van der Waals surface area (Å²) in [5, 5.41) is 26.4. The van der Waals surface area contributed by atoms with Gasteiger partial charge >= 0.3 is 5.97 Å². The molecule has 2 N–H and O–H groups in total. The number of nitriles is 1. The van der Waals surface area contributed by atoms with Crippen molar-refractivity contribution in [1.82, 2.24) is 0 Å². The lowest BCUT2D eigenvalue weighted by Gasteiger charge is -2.06. The topological polar surface area (TPSA) is 81.3 Å². The van der Waals surface area contributed by atoms with E-state index in [1.54, 1.807) is 6.07 Å². The van der Waals surface area contributed by atoms with Crippen molar-refractivity contribution >= 4 is 21.9 Å². The fraction of sp³-hybridized carbons (Fsp3) is 0.200. The summed E-state index contributed by atoms with van der Waals surface area (Å²) in [4.78, 5) is 10.5. The van der Waals surface area contributed by atoms with Gasteiger partial charge in [0.25, 0.3) is 0 Å². The summed E-state index contributed by atoms with van der Waals surface area (Å²) in [6, 6.07) is 4.99. The minimum atomic E-state index is -0.956. The summed E-state index contributed by atoms with van der Waals surface area (Å²) in [6.45, 7) is -0.253. The van der Waals surface area contributed by atoms with Gasteiger partial charge in [0.05, 0.1) is 24.7 Å². The molecule has 0 fully saturated rings. The molecule has 78 valence electrons. The first-order valence-electron chi connectivity index (χ1n) is 4.12. The Bertz CT molecular complexity index is 437. The van der Waals surface area contributed by atoms with E-state index in [9.17, 15) is 4.79 Å². The largest absolute Gasteiger partial charge is 0.481 e. The molecule has 0 atom stereocenters. The second-order valence-corrected chi connectivity index (χ2v) is 3.80. The van der Waals surface area contributed by atoms with Gasteiger partial charge in [0.1, 0.15) is 0 Å². The Morgan fingerprint density at radius 3 is 2.67 bits per heavy atom. The molecule has 0 aliphatic rings. The van der Waals surface area contributed by atoms with Gasteiger partial charge < -0.3 is 10.2 Å². The van der Waals surface area contributed by atoms with Crippen molar-refractivity contribution in [1.29, 1.82) is 5.26 Å². The average Bonchev–Trinajstić information content (AvgIpc) is 2.15. The second kappa shape index (κ2) is 4.91. The van der Waals surface area contributed by atoms with Crippen LogP contribution in [0.25, 0.3) is 0 Å². The van der Waals surface area contributed by atoms with Crippen LogP contribution in [-0.4, -0.2) is 16.2 Å². The zero-order valence-electron chi connectivity index (χ0n) is 7.70. The molecular weight excluding hydrogens is 262 g/mol. The van der Waals surface area contributed by atoms with Gasteiger partial charge in [-0.25, -0.2) is 0 Å². The highest BCUT2D eigenvalue weighted by Gasteiger charge is 2.10. The van der Waals surface area contributed by atoms with Gasteiger partial charge in [-0.1, -0.05) is 15.9 Å². The molecule has 0 heterocycles. The highest BCUT2D eigenvalue weighted by Crippen LogP contribution is 2.23. The van der Waals surface area contributed by atoms with Crippen molar-refractivity contribution in [3.8, 4) is 6.07 Å². The lowest BCUT2D eigenvalue weighted by molar-refractivity contribution is -0.136. The molecule has 1 aromatic carbocycles. The molecule has 0 aliphatic carbocycles. The lowest BCUT2D eigenvalue weighted by atomic mass is 10.0. The van der Waals surface area contributed by atoms with Crippen molar-refractivity contribution < 1.29 is 15.0 Å². The first-order valence-corrected chi connectivity index (χ1v) is 4.91. The van der Waals surface area contributed by atoms with Gasteiger partial charge in [0.2, 0.25) is 0 Å². The monoisotopic (exact) mass is 269 g/mol. The van der Waals surface area contributed by atoms with Crippen molar-refractivity contribution in [3.63, 3.8) is 0 Å². The minimum Gasteiger partial charge on any atom is -0.481 e. The van der Waals surface area contributed by atoms with Crippen LogP contribution in [0.1, 0.15) is 16.7 Å². The average molecular weight is 270 g/mol. The maximum absolute atomic E-state index is 10.5. The molecule has 0 bridgehead atoms. The predicted molar refractivity (Wildman–Crippen MR) is 56.1 cm³/mol. The summed E-state index contributed by atoms with van der Waals surface area (Å²) >= 11 is 3.18. The number of aliphatic carboxylic acids is 1. The van der Waals surface area contributed by atoms with Crippen LogP contribution in [0.3, 0.4) is 0 Å². The second-order valence-electron chi connectivity index (χ2n) is 2.94. The van der Waals surface area contributed by atoms with Crippen LogP contribution in [0.2, 0.25) is 0 Å². The summed E-state index contributed by atoms with van der Waals surface area (Å²) in [7, 11) is 0. The van der Waals surface area contributed by atoms with E-state index in [0.29, 0.717) is 21.2 Å². The van der Waals surface area contributed by atoms with E-state index < -0.39 is 5.97 Å². The van der Waals surface area contributed by atoms with Gasteiger partial charge in [-0.3, -0.25) is 4.79 Å². The van der Waals surface area contributed by atoms with Gasteiger partial charge in [0, 0.05) is 10.0 Å². The SMILES string of the molecule is N#Cc1cc(CC(=O)O)cc(Br)c1CO. The third kappa shape index (κ3) is 2.78. The van der Waals surface area contributed by atoms with Gasteiger partial charge in [-0.15, -0.1) is 0 Å². The molecule has 5 heteroatoms. The molecule has 0 saturated heterocycles. The molecule has 0 amide bonds. The van der Waals surface area contributed by atoms with Gasteiger partial charge in [-0.2, -0.15) is 5.26 Å². The van der Waals surface area contributed by atoms with Crippen molar-refractivity contribution in [2.45, 2.75) is 13.0 Å². The van der Waals surface area contributed by atoms with E-state index in [4.69, 9.17) is 15.5 Å². The molecule has 0 aromatic heterocycles. The predicted octanol–water partition coefficient (Wildman–Crippen LogP) is 1.44. The number of nitrogens with zero attached hydrogens (tertiary/aromatic N) is 1. The molecule has 15 heavy (non-hydrogen) atoms. The first-order chi connectivity index (χ1) is 7.08. The van der Waals surface area contributed by atoms with Crippen LogP contribution < -0.4 is 0 Å². The molecular formula is C10H8BrNO3. The molecule has 0 spiro atoms. The van der Waals surface area contributed by atoms with Crippen LogP contribution in [0.4, 0.5) is 0 Å². The van der Waals surface area contributed by atoms with Crippen LogP contribution in [0.5, 0.6) is 0 Å². The van der Waals surface area contributed by atoms with Gasteiger partial charge in [-0.05, 0) is 17.7 Å². The number of aliphatic hydroxyl groups excluding tert-OH is 1. The highest BCUT2D eigenvalue weighted by atomic mass is 79.9. The van der Waals surface area contributed by atoms with E-state index >= 15 is 0 Å². The van der Waals surface area contributed by atoms with Crippen LogP contribution in [0.15, 0.2) is 16.6 Å². The van der Waals surface area contributed by atoms with E-state index in [0.717, 1.165) is 0 Å². The number of halogens is 1. The summed E-state index contributed by atoms with van der Waals surface area (Å²) in [6.07, 6.45) is -0.140. The number of hydrogen-bond donors (Lipinski definition) is 2. The number of carbonyl (C=O) groups is 1. The Labute approximate surface area is 94.9 Å². The van der Waals surface area contributed by atoms with Crippen LogP contribution in [0, 0.1) is 11.3 Å². The Balaban J connectivity index is 3.21. The maximum atomic E-state index is 10.5. The molecule has 0 aliphatic heterocycles. The molecule has 0 unspecified atom stereocenters. The highest BCUT2D eigenvalue weighted by molar-refractivity contribution is 9.10. The minimum absolute atomic E-state index is 0.140. The smallest absolute Gasteiger partial charge is 0.307 e. The standard InChI is InChI=1S/C10H8BrNO3/c11-9-2-6(3-10(14)15)1-7(4-12)8(9)5-13/h1-2,13H,3,5H2,(H,14,15). The molecule has 1 rings (SSSR count). The zero-order valence-corrected chi connectivity index (χ0v) is 9.28. The molecule has 0 saturated carbocycles. The Hall–Kier alpha value is -1.38. The maximum Gasteiger partial charge on any atom is 0.307 e. The van der Waals surface area contributed by atoms with Gasteiger partial charge in [0.15, 0.2) is 0 Å². The zero-order chi connectivity index (χ0) is 11.4. The number of hydrogen-bond acceptors (Lipinski definition) is 3. The number of carboxylic acids is 1. The third-order valence-corrected chi connectivity index (χ3v) is 2.60. The van der Waals surface area contributed by atoms with Crippen molar-refractivity contribution in [3.05, 3.63) is 33.3 Å². The van der Waals surface area contributed by atoms with Crippen LogP contribution >= 0.6 is 15.9 Å². The lowest BCUT2D eigenvalue weighted by Crippen LogP contribution is -2.02. The molecule has 0 radical (unpaired) electrons. The molecule has 1 aromatic rings. The quantitative estimate of drug-likeness (QED) is 0.870.